The van der Waals surface area contributed by atoms with E-state index in [2.05, 4.69) is 20.2 Å². The van der Waals surface area contributed by atoms with Gasteiger partial charge in [-0.1, -0.05) is 41.9 Å². The number of methoxy groups -OCH3 is 1. The molecule has 8 nitrogen and oxygen atoms in total. The Balaban J connectivity index is 1.48. The molecule has 0 unspecified atom stereocenters. The predicted octanol–water partition coefficient (Wildman–Crippen LogP) is 5.17. The molecule has 9 heteroatoms. The summed E-state index contributed by atoms with van der Waals surface area (Å²) < 4.78 is 7.24. The van der Waals surface area contributed by atoms with Crippen molar-refractivity contribution in [3.05, 3.63) is 82.0 Å². The van der Waals surface area contributed by atoms with E-state index in [1.807, 2.05) is 55.9 Å². The van der Waals surface area contributed by atoms with Crippen LogP contribution in [0, 0.1) is 6.92 Å². The number of hydrogen-bond acceptors (Lipinski definition) is 6. The van der Waals surface area contributed by atoms with Crippen molar-refractivity contribution in [3.8, 4) is 28.1 Å². The normalized spacial score (nSPS) is 13.2. The first-order valence-corrected chi connectivity index (χ1v) is 12.6. The van der Waals surface area contributed by atoms with Gasteiger partial charge in [-0.2, -0.15) is 0 Å². The predicted molar refractivity (Wildman–Crippen MR) is 148 cm³/mol. The molecule has 0 saturated carbocycles. The van der Waals surface area contributed by atoms with Gasteiger partial charge in [-0.15, -0.1) is 0 Å². The van der Waals surface area contributed by atoms with Gasteiger partial charge in [0, 0.05) is 55.6 Å². The van der Waals surface area contributed by atoms with Crippen LogP contribution in [0.25, 0.3) is 22.4 Å². The minimum absolute atomic E-state index is 0.305. The fourth-order valence-corrected chi connectivity index (χ4v) is 5.22. The lowest BCUT2D eigenvalue weighted by Crippen LogP contribution is -2.27. The van der Waals surface area contributed by atoms with Crippen LogP contribution in [0.2, 0.25) is 5.02 Å². The number of carbonyl (C=O) groups excluding carboxylic acids is 2. The number of aromatic nitrogens is 3. The van der Waals surface area contributed by atoms with Crippen LogP contribution in [-0.2, 0) is 20.0 Å². The van der Waals surface area contributed by atoms with E-state index in [4.69, 9.17) is 16.3 Å². The van der Waals surface area contributed by atoms with Gasteiger partial charge >= 0.3 is 0 Å². The zero-order valence-corrected chi connectivity index (χ0v) is 22.5. The maximum Gasteiger partial charge on any atom is 0.291 e. The molecule has 1 amide bonds. The van der Waals surface area contributed by atoms with Crippen molar-refractivity contribution in [2.45, 2.75) is 19.9 Å². The Kier molecular flexibility index (Phi) is 7.01. The molecule has 2 aromatic carbocycles. The van der Waals surface area contributed by atoms with E-state index in [9.17, 15) is 9.59 Å². The van der Waals surface area contributed by atoms with Crippen LogP contribution in [0.15, 0.2) is 48.7 Å². The summed E-state index contributed by atoms with van der Waals surface area (Å²) in [7, 11) is 5.45. The summed E-state index contributed by atoms with van der Waals surface area (Å²) in [5.74, 6) is 0.518. The largest absolute Gasteiger partial charge is 0.496 e. The Morgan fingerprint density at radius 2 is 1.87 bits per heavy atom. The van der Waals surface area contributed by atoms with Crippen LogP contribution in [0.3, 0.4) is 0 Å². The number of nitrogens with one attached hydrogen (secondary N) is 1. The Morgan fingerprint density at radius 1 is 1.13 bits per heavy atom. The number of likely N-dealkylation sites (N-methyl/N-ethyl adjacent to an activating group) is 1. The van der Waals surface area contributed by atoms with E-state index >= 15 is 0 Å². The monoisotopic (exact) mass is 529 g/mol. The average molecular weight is 530 g/mol. The summed E-state index contributed by atoms with van der Waals surface area (Å²) in [6, 6.07) is 13.2. The molecule has 0 saturated heterocycles. The summed E-state index contributed by atoms with van der Waals surface area (Å²) in [5, 5.41) is 3.39. The molecular formula is C29H28ClN5O3. The summed E-state index contributed by atoms with van der Waals surface area (Å²) in [6.45, 7) is 3.65. The van der Waals surface area contributed by atoms with Gasteiger partial charge < -0.3 is 19.5 Å². The van der Waals surface area contributed by atoms with Crippen molar-refractivity contribution < 1.29 is 14.3 Å². The number of halogens is 1. The second-order valence-corrected chi connectivity index (χ2v) is 9.78. The molecule has 1 aliphatic heterocycles. The smallest absolute Gasteiger partial charge is 0.291 e. The van der Waals surface area contributed by atoms with Crippen molar-refractivity contribution in [2.75, 3.05) is 26.0 Å². The number of ether oxygens (including phenoxy) is 1. The SMILES string of the molecule is COc1cc(-c2cccc(-c3cccc(NC(=O)c4nc5c(n4C)CCN(C)C5)c3Cl)c2C)ncc1C=O. The molecule has 0 fully saturated rings. The number of anilines is 1. The zero-order chi connectivity index (χ0) is 27.0. The third-order valence-corrected chi connectivity index (χ3v) is 7.45. The van der Waals surface area contributed by atoms with Crippen LogP contribution in [0.4, 0.5) is 5.69 Å². The average Bonchev–Trinajstić information content (AvgIpc) is 3.25. The van der Waals surface area contributed by atoms with Gasteiger partial charge in [-0.25, -0.2) is 4.98 Å². The Labute approximate surface area is 226 Å². The molecular weight excluding hydrogens is 502 g/mol. The fourth-order valence-electron chi connectivity index (χ4n) is 4.94. The van der Waals surface area contributed by atoms with Crippen LogP contribution >= 0.6 is 11.6 Å². The van der Waals surface area contributed by atoms with Crippen molar-refractivity contribution >= 4 is 29.5 Å². The molecule has 0 atom stereocenters. The molecule has 1 aliphatic rings. The van der Waals surface area contributed by atoms with Crippen molar-refractivity contribution in [1.29, 1.82) is 0 Å². The van der Waals surface area contributed by atoms with E-state index in [1.54, 1.807) is 12.1 Å². The molecule has 3 heterocycles. The maximum atomic E-state index is 13.2. The summed E-state index contributed by atoms with van der Waals surface area (Å²) in [5.41, 5.74) is 7.11. The first-order valence-electron chi connectivity index (χ1n) is 12.2. The summed E-state index contributed by atoms with van der Waals surface area (Å²) >= 11 is 6.87. The fraction of sp³-hybridized carbons (Fsp3) is 0.241. The van der Waals surface area contributed by atoms with Gasteiger partial charge in [0.25, 0.3) is 5.91 Å². The van der Waals surface area contributed by atoms with Gasteiger partial charge in [0.2, 0.25) is 0 Å². The number of fused-ring (bicyclic) bond motifs is 1. The van der Waals surface area contributed by atoms with Gasteiger partial charge in [-0.3, -0.25) is 14.6 Å². The van der Waals surface area contributed by atoms with Crippen LogP contribution in [-0.4, -0.2) is 52.3 Å². The summed E-state index contributed by atoms with van der Waals surface area (Å²) in [6.07, 6.45) is 3.08. The third kappa shape index (κ3) is 4.57. The highest BCUT2D eigenvalue weighted by Gasteiger charge is 2.24. The lowest BCUT2D eigenvalue weighted by Gasteiger charge is -2.21. The number of rotatable bonds is 6. The Morgan fingerprint density at radius 3 is 2.63 bits per heavy atom. The number of benzene rings is 2. The van der Waals surface area contributed by atoms with Crippen LogP contribution in [0.1, 0.15) is 37.9 Å². The van der Waals surface area contributed by atoms with Crippen molar-refractivity contribution in [3.63, 3.8) is 0 Å². The Hall–Kier alpha value is -4.01. The van der Waals surface area contributed by atoms with E-state index < -0.39 is 0 Å². The molecule has 0 aliphatic carbocycles. The van der Waals surface area contributed by atoms with Crippen molar-refractivity contribution in [1.82, 2.24) is 19.4 Å². The molecule has 0 bridgehead atoms. The number of carbonyl (C=O) groups is 2. The lowest BCUT2D eigenvalue weighted by atomic mass is 9.94. The topological polar surface area (TPSA) is 89.3 Å². The van der Waals surface area contributed by atoms with Crippen LogP contribution in [0.5, 0.6) is 5.75 Å². The number of nitrogens with zero attached hydrogens (tertiary/aromatic N) is 4. The van der Waals surface area contributed by atoms with Gasteiger partial charge in [0.1, 0.15) is 5.75 Å². The number of aldehydes is 1. The standard InChI is InChI=1S/C29H28ClN5O3/c1-17-19(7-5-8-20(17)23-13-26(38-4)18(16-36)14-31-23)21-9-6-10-22(27(21)30)33-29(37)28-32-24-15-34(2)12-11-25(24)35(28)3/h5-10,13-14,16H,11-12,15H2,1-4H3,(H,33,37). The third-order valence-electron chi connectivity index (χ3n) is 7.04. The minimum Gasteiger partial charge on any atom is -0.496 e. The maximum absolute atomic E-state index is 13.2. The number of amides is 1. The first kappa shape index (κ1) is 25.6. The summed E-state index contributed by atoms with van der Waals surface area (Å²) in [4.78, 5) is 35.8. The van der Waals surface area contributed by atoms with Gasteiger partial charge in [-0.05, 0) is 31.2 Å². The molecule has 2 aromatic heterocycles. The molecule has 0 radical (unpaired) electrons. The van der Waals surface area contributed by atoms with Gasteiger partial charge in [0.15, 0.2) is 12.1 Å². The van der Waals surface area contributed by atoms with Crippen LogP contribution < -0.4 is 10.1 Å². The molecule has 4 aromatic rings. The highest BCUT2D eigenvalue weighted by molar-refractivity contribution is 6.36. The highest BCUT2D eigenvalue weighted by Crippen LogP contribution is 2.39. The lowest BCUT2D eigenvalue weighted by molar-refractivity contribution is 0.101. The number of hydrogen-bond donors (Lipinski definition) is 1. The first-order chi connectivity index (χ1) is 18.3. The second kappa shape index (κ2) is 10.4. The molecule has 0 spiro atoms. The number of pyridine rings is 1. The minimum atomic E-state index is -0.305. The van der Waals surface area contributed by atoms with E-state index in [1.165, 1.54) is 13.3 Å². The zero-order valence-electron chi connectivity index (χ0n) is 21.7. The quantitative estimate of drug-likeness (QED) is 0.346. The highest BCUT2D eigenvalue weighted by atomic mass is 35.5. The van der Waals surface area contributed by atoms with E-state index in [0.29, 0.717) is 33.5 Å². The van der Waals surface area contributed by atoms with Crippen molar-refractivity contribution in [2.24, 2.45) is 7.05 Å². The number of imidazole rings is 1. The molecule has 1 N–H and O–H groups in total. The second-order valence-electron chi connectivity index (χ2n) is 9.40. The molecule has 38 heavy (non-hydrogen) atoms. The van der Waals surface area contributed by atoms with E-state index in [-0.39, 0.29) is 5.91 Å². The van der Waals surface area contributed by atoms with E-state index in [0.717, 1.165) is 59.4 Å². The Bertz CT molecular complexity index is 1560. The van der Waals surface area contributed by atoms with Gasteiger partial charge in [0.05, 0.1) is 34.8 Å². The molecule has 194 valence electrons. The molecule has 5 rings (SSSR count).